The molecule has 1 saturated carbocycles. The van der Waals surface area contributed by atoms with Crippen molar-refractivity contribution in [3.8, 4) is 5.75 Å². The van der Waals surface area contributed by atoms with Crippen molar-refractivity contribution < 1.29 is 19.4 Å². The molecule has 6 heteroatoms. The zero-order valence-electron chi connectivity index (χ0n) is 10.4. The summed E-state index contributed by atoms with van der Waals surface area (Å²) in [5, 5.41) is 21.2. The maximum absolute atomic E-state index is 13.2. The predicted octanol–water partition coefficient (Wildman–Crippen LogP) is 1.32. The number of carboxylic acids is 1. The molecule has 0 bridgehead atoms. The third-order valence-electron chi connectivity index (χ3n) is 3.53. The van der Waals surface area contributed by atoms with E-state index < -0.39 is 28.8 Å². The van der Waals surface area contributed by atoms with Crippen molar-refractivity contribution in [2.75, 3.05) is 0 Å². The van der Waals surface area contributed by atoms with Gasteiger partial charge in [-0.25, -0.2) is 9.18 Å². The Hall–Kier alpha value is -2.37. The molecule has 1 N–H and O–H groups in total. The van der Waals surface area contributed by atoms with E-state index in [0.29, 0.717) is 0 Å². The van der Waals surface area contributed by atoms with Crippen molar-refractivity contribution in [3.05, 3.63) is 40.1 Å². The lowest BCUT2D eigenvalue weighted by atomic mass is 10.1. The normalized spacial score (nSPS) is 14.7. The van der Waals surface area contributed by atoms with Gasteiger partial charge in [-0.3, -0.25) is 4.79 Å². The zero-order chi connectivity index (χ0) is 14.4. The van der Waals surface area contributed by atoms with Gasteiger partial charge >= 0.3 is 5.97 Å². The molecule has 0 unspecified atom stereocenters. The fourth-order valence-corrected chi connectivity index (χ4v) is 2.33. The van der Waals surface area contributed by atoms with Crippen LogP contribution in [0.2, 0.25) is 0 Å². The Morgan fingerprint density at radius 3 is 2.70 bits per heavy atom. The number of carbonyl (C=O) groups is 1. The molecule has 0 saturated heterocycles. The van der Waals surface area contributed by atoms with E-state index >= 15 is 0 Å². The summed E-state index contributed by atoms with van der Waals surface area (Å²) in [6, 6.07) is 3.22. The SMILES string of the molecule is O=C(O)c1c([O-])c2cc(F)ccc2c(=O)n1CC1CC1. The summed E-state index contributed by atoms with van der Waals surface area (Å²) in [5.74, 6) is -2.71. The fourth-order valence-electron chi connectivity index (χ4n) is 2.33. The topological polar surface area (TPSA) is 82.4 Å². The van der Waals surface area contributed by atoms with E-state index in [1.165, 1.54) is 6.07 Å². The van der Waals surface area contributed by atoms with Crippen LogP contribution in [-0.4, -0.2) is 15.6 Å². The van der Waals surface area contributed by atoms with Crippen LogP contribution in [-0.2, 0) is 6.54 Å². The minimum absolute atomic E-state index is 0.0575. The summed E-state index contributed by atoms with van der Waals surface area (Å²) in [5.41, 5.74) is -1.14. The van der Waals surface area contributed by atoms with Crippen LogP contribution >= 0.6 is 0 Å². The Bertz CT molecular complexity index is 777. The average molecular weight is 276 g/mol. The molecule has 0 radical (unpaired) electrons. The molecule has 5 nitrogen and oxygen atoms in total. The average Bonchev–Trinajstić information content (AvgIpc) is 3.19. The monoisotopic (exact) mass is 276 g/mol. The van der Waals surface area contributed by atoms with E-state index in [-0.39, 0.29) is 23.2 Å². The first-order valence-corrected chi connectivity index (χ1v) is 6.25. The van der Waals surface area contributed by atoms with E-state index in [2.05, 4.69) is 0 Å². The van der Waals surface area contributed by atoms with E-state index in [1.54, 1.807) is 0 Å². The molecule has 0 spiro atoms. The van der Waals surface area contributed by atoms with Gasteiger partial charge in [0.15, 0.2) is 0 Å². The van der Waals surface area contributed by atoms with Gasteiger partial charge in [-0.2, -0.15) is 0 Å². The van der Waals surface area contributed by atoms with E-state index in [1.807, 2.05) is 0 Å². The van der Waals surface area contributed by atoms with E-state index in [9.17, 15) is 24.2 Å². The molecule has 1 aromatic heterocycles. The molecule has 2 aromatic rings. The van der Waals surface area contributed by atoms with Gasteiger partial charge in [-0.1, -0.05) is 5.75 Å². The van der Waals surface area contributed by atoms with Gasteiger partial charge in [0.25, 0.3) is 5.56 Å². The summed E-state index contributed by atoms with van der Waals surface area (Å²) in [4.78, 5) is 23.6. The number of rotatable bonds is 3. The molecule has 1 heterocycles. The molecule has 1 aromatic carbocycles. The second kappa shape index (κ2) is 4.33. The fraction of sp³-hybridized carbons (Fsp3) is 0.286. The summed E-state index contributed by atoms with van der Waals surface area (Å²) in [6.45, 7) is 0.225. The van der Waals surface area contributed by atoms with Crippen LogP contribution in [0.4, 0.5) is 4.39 Å². The van der Waals surface area contributed by atoms with Gasteiger partial charge in [-0.15, -0.1) is 0 Å². The molecule has 0 amide bonds. The van der Waals surface area contributed by atoms with Crippen molar-refractivity contribution >= 4 is 16.7 Å². The highest BCUT2D eigenvalue weighted by molar-refractivity contribution is 5.98. The Morgan fingerprint density at radius 1 is 1.40 bits per heavy atom. The van der Waals surface area contributed by atoms with Crippen molar-refractivity contribution in [3.63, 3.8) is 0 Å². The summed E-state index contributed by atoms with van der Waals surface area (Å²) >= 11 is 0. The molecule has 1 fully saturated rings. The number of fused-ring (bicyclic) bond motifs is 1. The molecule has 1 aliphatic rings. The molecule has 0 aliphatic heterocycles. The Labute approximate surface area is 112 Å². The lowest BCUT2D eigenvalue weighted by molar-refractivity contribution is -0.267. The number of hydrogen-bond donors (Lipinski definition) is 1. The number of aromatic nitrogens is 1. The Morgan fingerprint density at radius 2 is 2.10 bits per heavy atom. The second-order valence-corrected chi connectivity index (χ2v) is 5.03. The number of pyridine rings is 1. The molecule has 3 rings (SSSR count). The molecule has 0 atom stereocenters. The van der Waals surface area contributed by atoms with Crippen LogP contribution in [0.3, 0.4) is 0 Å². The predicted molar refractivity (Wildman–Crippen MR) is 67.3 cm³/mol. The van der Waals surface area contributed by atoms with Crippen molar-refractivity contribution in [2.24, 2.45) is 5.92 Å². The van der Waals surface area contributed by atoms with E-state index in [4.69, 9.17) is 0 Å². The van der Waals surface area contributed by atoms with Gasteiger partial charge < -0.3 is 14.8 Å². The van der Waals surface area contributed by atoms with Crippen LogP contribution in [0, 0.1) is 11.7 Å². The van der Waals surface area contributed by atoms with E-state index in [0.717, 1.165) is 29.5 Å². The van der Waals surface area contributed by atoms with Crippen LogP contribution in [0.25, 0.3) is 10.8 Å². The molecular formula is C14H11FNO4-. The van der Waals surface area contributed by atoms with Gasteiger partial charge in [-0.05, 0) is 42.3 Å². The van der Waals surface area contributed by atoms with Crippen molar-refractivity contribution in [1.29, 1.82) is 0 Å². The molecular weight excluding hydrogens is 265 g/mol. The largest absolute Gasteiger partial charge is 0.870 e. The number of aromatic carboxylic acids is 1. The number of benzene rings is 1. The quantitative estimate of drug-likeness (QED) is 0.916. The smallest absolute Gasteiger partial charge is 0.351 e. The van der Waals surface area contributed by atoms with Gasteiger partial charge in [0.05, 0.1) is 0 Å². The molecule has 104 valence electrons. The van der Waals surface area contributed by atoms with Crippen molar-refractivity contribution in [2.45, 2.75) is 19.4 Å². The van der Waals surface area contributed by atoms with Crippen LogP contribution < -0.4 is 10.7 Å². The highest BCUT2D eigenvalue weighted by Crippen LogP contribution is 2.32. The number of nitrogens with zero attached hydrogens (tertiary/aromatic N) is 1. The maximum atomic E-state index is 13.2. The highest BCUT2D eigenvalue weighted by Gasteiger charge is 2.26. The van der Waals surface area contributed by atoms with Crippen LogP contribution in [0.15, 0.2) is 23.0 Å². The van der Waals surface area contributed by atoms with Crippen LogP contribution in [0.1, 0.15) is 23.3 Å². The minimum atomic E-state index is -1.46. The summed E-state index contributed by atoms with van der Waals surface area (Å²) in [7, 11) is 0. The van der Waals surface area contributed by atoms with Gasteiger partial charge in [0.1, 0.15) is 11.5 Å². The van der Waals surface area contributed by atoms with Crippen LogP contribution in [0.5, 0.6) is 5.75 Å². The van der Waals surface area contributed by atoms with Gasteiger partial charge in [0.2, 0.25) is 0 Å². The Kier molecular flexibility index (Phi) is 2.74. The number of hydrogen-bond acceptors (Lipinski definition) is 3. The Balaban J connectivity index is 2.37. The first kappa shape index (κ1) is 12.7. The minimum Gasteiger partial charge on any atom is -0.870 e. The second-order valence-electron chi connectivity index (χ2n) is 5.03. The summed E-state index contributed by atoms with van der Waals surface area (Å²) < 4.78 is 14.2. The number of carboxylic acid groups (broad SMARTS) is 1. The standard InChI is InChI=1S/C14H12FNO4/c15-8-3-4-9-10(5-8)12(17)11(14(19)20)16(13(9)18)6-7-1-2-7/h3-5,7,17H,1-2,6H2,(H,19,20)/p-1. The molecule has 20 heavy (non-hydrogen) atoms. The lowest BCUT2D eigenvalue weighted by Gasteiger charge is -2.19. The van der Waals surface area contributed by atoms with Crippen molar-refractivity contribution in [1.82, 2.24) is 4.57 Å². The highest BCUT2D eigenvalue weighted by atomic mass is 19.1. The lowest BCUT2D eigenvalue weighted by Crippen LogP contribution is -2.28. The third kappa shape index (κ3) is 1.93. The first-order valence-electron chi connectivity index (χ1n) is 6.25. The maximum Gasteiger partial charge on any atom is 0.351 e. The number of halogens is 1. The first-order chi connectivity index (χ1) is 9.49. The zero-order valence-corrected chi connectivity index (χ0v) is 10.4. The summed E-state index contributed by atoms with van der Waals surface area (Å²) in [6.07, 6.45) is 1.84. The third-order valence-corrected chi connectivity index (χ3v) is 3.53. The van der Waals surface area contributed by atoms with Gasteiger partial charge in [0, 0.05) is 11.9 Å². The molecule has 1 aliphatic carbocycles.